The van der Waals surface area contributed by atoms with Gasteiger partial charge in [0.25, 0.3) is 0 Å². The average Bonchev–Trinajstić information content (AvgIpc) is 3.16. The number of nitriles is 1. The molecule has 0 bridgehead atoms. The van der Waals surface area contributed by atoms with Gasteiger partial charge >= 0.3 is 0 Å². The molecule has 1 aliphatic heterocycles. The minimum atomic E-state index is -0.244. The molecule has 0 aromatic heterocycles. The third-order valence-electron chi connectivity index (χ3n) is 5.02. The Balaban J connectivity index is 1.59. The lowest BCUT2D eigenvalue weighted by Crippen LogP contribution is -2.48. The molecule has 1 N–H and O–H groups in total. The molecular formula is C15H25N3O. The van der Waals surface area contributed by atoms with Gasteiger partial charge in [0, 0.05) is 25.7 Å². The van der Waals surface area contributed by atoms with Gasteiger partial charge < -0.3 is 4.74 Å². The highest BCUT2D eigenvalue weighted by Crippen LogP contribution is 2.36. The van der Waals surface area contributed by atoms with Crippen molar-refractivity contribution >= 4 is 0 Å². The zero-order valence-electron chi connectivity index (χ0n) is 11.9. The van der Waals surface area contributed by atoms with Crippen molar-refractivity contribution in [2.45, 2.75) is 68.7 Å². The lowest BCUT2D eigenvalue weighted by Gasteiger charge is -2.36. The second-order valence-corrected chi connectivity index (χ2v) is 6.50. The number of hydrogen-bond donors (Lipinski definition) is 1. The Morgan fingerprint density at radius 1 is 1.32 bits per heavy atom. The predicted molar refractivity (Wildman–Crippen MR) is 73.7 cm³/mol. The number of methoxy groups -OCH3 is 1. The molecule has 0 amide bonds. The summed E-state index contributed by atoms with van der Waals surface area (Å²) in [7, 11) is 1.82. The molecule has 2 aliphatic carbocycles. The topological polar surface area (TPSA) is 48.3 Å². The maximum Gasteiger partial charge on any atom is 0.108 e. The van der Waals surface area contributed by atoms with Crippen LogP contribution in [-0.4, -0.2) is 48.8 Å². The third-order valence-corrected chi connectivity index (χ3v) is 5.02. The Labute approximate surface area is 116 Å². The van der Waals surface area contributed by atoms with Crippen LogP contribution in [0.2, 0.25) is 0 Å². The minimum absolute atomic E-state index is 0.244. The van der Waals surface area contributed by atoms with Crippen molar-refractivity contribution in [1.29, 1.82) is 5.26 Å². The molecule has 3 aliphatic rings. The van der Waals surface area contributed by atoms with Gasteiger partial charge in [0.15, 0.2) is 0 Å². The van der Waals surface area contributed by atoms with Crippen molar-refractivity contribution in [2.75, 3.05) is 20.2 Å². The SMILES string of the molecule is COC1CCCN(C2CCC(C#N)(NC3CC3)C2)C1. The third kappa shape index (κ3) is 2.94. The monoisotopic (exact) mass is 263 g/mol. The van der Waals surface area contributed by atoms with E-state index in [1.807, 2.05) is 7.11 Å². The lowest BCUT2D eigenvalue weighted by molar-refractivity contribution is 0.0147. The molecule has 4 heteroatoms. The van der Waals surface area contributed by atoms with Crippen LogP contribution in [0.1, 0.15) is 44.9 Å². The van der Waals surface area contributed by atoms with E-state index < -0.39 is 0 Å². The second kappa shape index (κ2) is 5.40. The Hall–Kier alpha value is -0.630. The summed E-state index contributed by atoms with van der Waals surface area (Å²) in [5.41, 5.74) is -0.244. The van der Waals surface area contributed by atoms with E-state index in [0.29, 0.717) is 18.2 Å². The largest absolute Gasteiger partial charge is 0.380 e. The van der Waals surface area contributed by atoms with Gasteiger partial charge in [-0.25, -0.2) is 0 Å². The first-order valence-corrected chi connectivity index (χ1v) is 7.70. The van der Waals surface area contributed by atoms with E-state index >= 15 is 0 Å². The van der Waals surface area contributed by atoms with Crippen LogP contribution in [0.3, 0.4) is 0 Å². The Morgan fingerprint density at radius 3 is 2.84 bits per heavy atom. The number of piperidine rings is 1. The summed E-state index contributed by atoms with van der Waals surface area (Å²) >= 11 is 0. The van der Waals surface area contributed by atoms with E-state index in [2.05, 4.69) is 16.3 Å². The van der Waals surface area contributed by atoms with E-state index in [9.17, 15) is 5.26 Å². The van der Waals surface area contributed by atoms with Crippen LogP contribution in [0.4, 0.5) is 0 Å². The summed E-state index contributed by atoms with van der Waals surface area (Å²) in [6.45, 7) is 2.22. The first-order valence-electron chi connectivity index (χ1n) is 7.70. The fraction of sp³-hybridized carbons (Fsp3) is 0.933. The quantitative estimate of drug-likeness (QED) is 0.838. The van der Waals surface area contributed by atoms with E-state index in [-0.39, 0.29) is 5.54 Å². The highest BCUT2D eigenvalue weighted by atomic mass is 16.5. The van der Waals surface area contributed by atoms with Crippen LogP contribution < -0.4 is 5.32 Å². The summed E-state index contributed by atoms with van der Waals surface area (Å²) < 4.78 is 5.51. The number of rotatable bonds is 4. The van der Waals surface area contributed by atoms with E-state index in [1.165, 1.54) is 32.2 Å². The zero-order chi connectivity index (χ0) is 13.3. The van der Waals surface area contributed by atoms with Gasteiger partial charge in [-0.1, -0.05) is 0 Å². The van der Waals surface area contributed by atoms with E-state index in [1.54, 1.807) is 0 Å². The predicted octanol–water partition coefficient (Wildman–Crippen LogP) is 1.66. The van der Waals surface area contributed by atoms with Crippen LogP contribution >= 0.6 is 0 Å². The maximum absolute atomic E-state index is 9.55. The molecule has 3 atom stereocenters. The molecule has 3 unspecified atom stereocenters. The van der Waals surface area contributed by atoms with Gasteiger partial charge in [-0.2, -0.15) is 5.26 Å². The summed E-state index contributed by atoms with van der Waals surface area (Å²) in [5, 5.41) is 13.1. The highest BCUT2D eigenvalue weighted by Gasteiger charge is 2.44. The molecule has 1 saturated heterocycles. The molecule has 0 aromatic rings. The minimum Gasteiger partial charge on any atom is -0.380 e. The van der Waals surface area contributed by atoms with Gasteiger partial charge in [0.1, 0.15) is 5.54 Å². The Morgan fingerprint density at radius 2 is 2.16 bits per heavy atom. The second-order valence-electron chi connectivity index (χ2n) is 6.50. The zero-order valence-corrected chi connectivity index (χ0v) is 11.9. The van der Waals surface area contributed by atoms with Crippen LogP contribution in [0.25, 0.3) is 0 Å². The van der Waals surface area contributed by atoms with Gasteiger partial charge in [0.05, 0.1) is 12.2 Å². The summed E-state index contributed by atoms with van der Waals surface area (Å²) in [6, 6.07) is 3.76. The number of hydrogen-bond acceptors (Lipinski definition) is 4. The summed E-state index contributed by atoms with van der Waals surface area (Å²) in [4.78, 5) is 2.56. The smallest absolute Gasteiger partial charge is 0.108 e. The van der Waals surface area contributed by atoms with Crippen molar-refractivity contribution in [3.63, 3.8) is 0 Å². The van der Waals surface area contributed by atoms with E-state index in [4.69, 9.17) is 4.74 Å². The normalized spacial score (nSPS) is 40.2. The maximum atomic E-state index is 9.55. The molecular weight excluding hydrogens is 238 g/mol. The fourth-order valence-electron chi connectivity index (χ4n) is 3.70. The highest BCUT2D eigenvalue weighted by molar-refractivity contribution is 5.15. The summed E-state index contributed by atoms with van der Waals surface area (Å²) in [5.74, 6) is 0. The molecule has 0 radical (unpaired) electrons. The number of nitrogens with one attached hydrogen (secondary N) is 1. The van der Waals surface area contributed by atoms with Crippen molar-refractivity contribution < 1.29 is 4.74 Å². The van der Waals surface area contributed by atoms with Gasteiger partial charge in [-0.3, -0.25) is 10.2 Å². The standard InChI is InChI=1S/C15H25N3O/c1-19-14-3-2-8-18(10-14)13-6-7-15(9-13,11-16)17-12-4-5-12/h12-14,17H,2-10H2,1H3. The van der Waals surface area contributed by atoms with Gasteiger partial charge in [-0.15, -0.1) is 0 Å². The molecule has 3 fully saturated rings. The molecule has 0 aromatic carbocycles. The van der Waals surface area contributed by atoms with Crippen molar-refractivity contribution in [1.82, 2.24) is 10.2 Å². The molecule has 3 rings (SSSR count). The van der Waals surface area contributed by atoms with Crippen LogP contribution in [0.15, 0.2) is 0 Å². The van der Waals surface area contributed by atoms with Crippen molar-refractivity contribution in [3.05, 3.63) is 0 Å². The number of ether oxygens (including phenoxy) is 1. The number of likely N-dealkylation sites (tertiary alicyclic amines) is 1. The molecule has 19 heavy (non-hydrogen) atoms. The van der Waals surface area contributed by atoms with Crippen molar-refractivity contribution in [3.8, 4) is 6.07 Å². The molecule has 106 valence electrons. The van der Waals surface area contributed by atoms with Crippen LogP contribution in [-0.2, 0) is 4.74 Å². The molecule has 1 heterocycles. The molecule has 0 spiro atoms. The Kier molecular flexibility index (Phi) is 3.79. The molecule has 2 saturated carbocycles. The van der Waals surface area contributed by atoms with Gasteiger partial charge in [0.2, 0.25) is 0 Å². The first kappa shape index (κ1) is 13.4. The molecule has 4 nitrogen and oxygen atoms in total. The first-order chi connectivity index (χ1) is 9.24. The fourth-order valence-corrected chi connectivity index (χ4v) is 3.70. The van der Waals surface area contributed by atoms with Crippen LogP contribution in [0.5, 0.6) is 0 Å². The average molecular weight is 263 g/mol. The van der Waals surface area contributed by atoms with E-state index in [0.717, 1.165) is 25.8 Å². The van der Waals surface area contributed by atoms with Crippen LogP contribution in [0, 0.1) is 11.3 Å². The van der Waals surface area contributed by atoms with Gasteiger partial charge in [-0.05, 0) is 51.5 Å². The number of nitrogens with zero attached hydrogens (tertiary/aromatic N) is 2. The summed E-state index contributed by atoms with van der Waals surface area (Å²) in [6.07, 6.45) is 8.47. The van der Waals surface area contributed by atoms with Crippen molar-refractivity contribution in [2.24, 2.45) is 0 Å². The Bertz CT molecular complexity index is 363. The lowest BCUT2D eigenvalue weighted by atomic mass is 9.98.